The first-order valence-corrected chi connectivity index (χ1v) is 8.56. The highest BCUT2D eigenvalue weighted by molar-refractivity contribution is 8.00. The Kier molecular flexibility index (Phi) is 5.56. The molecule has 0 aromatic carbocycles. The van der Waals surface area contributed by atoms with Crippen molar-refractivity contribution < 1.29 is 4.52 Å². The minimum atomic E-state index is 0.677. The van der Waals surface area contributed by atoms with Gasteiger partial charge in [0, 0.05) is 43.2 Å². The summed E-state index contributed by atoms with van der Waals surface area (Å²) in [5.41, 5.74) is 2.08. The number of aryl methyl sites for hydroxylation is 2. The topological polar surface area (TPSA) is 53.7 Å². The highest BCUT2D eigenvalue weighted by atomic mass is 32.2. The molecule has 5 nitrogen and oxygen atoms in total. The molecular formula is C15H26N4OS. The van der Waals surface area contributed by atoms with Gasteiger partial charge >= 0.3 is 0 Å². The average molecular weight is 310 g/mol. The van der Waals surface area contributed by atoms with E-state index in [-0.39, 0.29) is 0 Å². The van der Waals surface area contributed by atoms with Crippen LogP contribution in [-0.2, 0) is 6.54 Å². The maximum atomic E-state index is 5.21. The fourth-order valence-corrected chi connectivity index (χ4v) is 3.82. The van der Waals surface area contributed by atoms with Crippen molar-refractivity contribution in [3.05, 3.63) is 17.0 Å². The molecule has 1 atom stereocenters. The molecule has 2 heterocycles. The first kappa shape index (κ1) is 16.2. The summed E-state index contributed by atoms with van der Waals surface area (Å²) in [4.78, 5) is 6.80. The zero-order valence-electron chi connectivity index (χ0n) is 13.6. The van der Waals surface area contributed by atoms with Gasteiger partial charge in [0.2, 0.25) is 0 Å². The number of aliphatic imine (C=N–C) groups is 1. The molecule has 0 amide bonds. The molecular weight excluding hydrogens is 284 g/mol. The summed E-state index contributed by atoms with van der Waals surface area (Å²) in [6.07, 6.45) is 0. The van der Waals surface area contributed by atoms with E-state index in [2.05, 4.69) is 46.0 Å². The average Bonchev–Trinajstić information content (AvgIpc) is 2.79. The lowest BCUT2D eigenvalue weighted by atomic mass is 10.1. The van der Waals surface area contributed by atoms with E-state index in [0.717, 1.165) is 41.8 Å². The van der Waals surface area contributed by atoms with Crippen LogP contribution in [0, 0.1) is 19.8 Å². The number of guanidine groups is 1. The van der Waals surface area contributed by atoms with E-state index < -0.39 is 0 Å². The van der Waals surface area contributed by atoms with Crippen LogP contribution in [0.2, 0.25) is 0 Å². The molecule has 1 aliphatic rings. The van der Waals surface area contributed by atoms with Gasteiger partial charge in [0.05, 0.1) is 5.69 Å². The van der Waals surface area contributed by atoms with Gasteiger partial charge < -0.3 is 14.7 Å². The van der Waals surface area contributed by atoms with E-state index in [0.29, 0.717) is 17.7 Å². The van der Waals surface area contributed by atoms with E-state index in [1.54, 1.807) is 0 Å². The summed E-state index contributed by atoms with van der Waals surface area (Å²) >= 11 is 2.07. The van der Waals surface area contributed by atoms with Gasteiger partial charge in [-0.3, -0.25) is 4.99 Å². The van der Waals surface area contributed by atoms with E-state index >= 15 is 0 Å². The Hall–Kier alpha value is -1.17. The summed E-state index contributed by atoms with van der Waals surface area (Å²) in [7, 11) is 1.85. The predicted molar refractivity (Wildman–Crippen MR) is 88.8 cm³/mol. The molecule has 1 aliphatic heterocycles. The van der Waals surface area contributed by atoms with Crippen molar-refractivity contribution in [2.45, 2.75) is 39.5 Å². The van der Waals surface area contributed by atoms with Gasteiger partial charge in [-0.15, -0.1) is 0 Å². The van der Waals surface area contributed by atoms with Crippen LogP contribution in [0.15, 0.2) is 9.52 Å². The van der Waals surface area contributed by atoms with Gasteiger partial charge in [0.1, 0.15) is 5.76 Å². The van der Waals surface area contributed by atoms with Gasteiger partial charge in [-0.25, -0.2) is 0 Å². The predicted octanol–water partition coefficient (Wildman–Crippen LogP) is 2.44. The number of aromatic nitrogens is 1. The highest BCUT2D eigenvalue weighted by Crippen LogP contribution is 2.25. The number of rotatable bonds is 3. The molecule has 0 saturated carbocycles. The van der Waals surface area contributed by atoms with E-state index in [9.17, 15) is 0 Å². The molecule has 118 valence electrons. The van der Waals surface area contributed by atoms with E-state index in [4.69, 9.17) is 4.52 Å². The first-order valence-electron chi connectivity index (χ1n) is 7.51. The van der Waals surface area contributed by atoms with Crippen LogP contribution < -0.4 is 5.32 Å². The number of hydrogen-bond donors (Lipinski definition) is 1. The van der Waals surface area contributed by atoms with Gasteiger partial charge in [-0.1, -0.05) is 19.0 Å². The SMILES string of the molecule is CN=C(NCc1c(C)noc1C)N1CCSC(C(C)C)C1. The molecule has 1 aromatic rings. The molecule has 0 spiro atoms. The normalized spacial score (nSPS) is 20.2. The molecule has 0 bridgehead atoms. The second-order valence-electron chi connectivity index (χ2n) is 5.80. The molecule has 1 unspecified atom stereocenters. The molecule has 0 aliphatic carbocycles. The smallest absolute Gasteiger partial charge is 0.193 e. The van der Waals surface area contributed by atoms with Crippen LogP contribution in [0.5, 0.6) is 0 Å². The summed E-state index contributed by atoms with van der Waals surface area (Å²) in [5, 5.41) is 8.12. The van der Waals surface area contributed by atoms with Crippen LogP contribution in [0.1, 0.15) is 30.9 Å². The van der Waals surface area contributed by atoms with Crippen LogP contribution >= 0.6 is 11.8 Å². The Morgan fingerprint density at radius 2 is 2.29 bits per heavy atom. The Labute approximate surface area is 131 Å². The van der Waals surface area contributed by atoms with Crippen molar-refractivity contribution in [1.29, 1.82) is 0 Å². The van der Waals surface area contributed by atoms with Crippen molar-refractivity contribution in [3.8, 4) is 0 Å². The number of thioether (sulfide) groups is 1. The molecule has 2 rings (SSSR count). The van der Waals surface area contributed by atoms with E-state index in [1.165, 1.54) is 0 Å². The Bertz CT molecular complexity index is 478. The maximum absolute atomic E-state index is 5.21. The molecule has 21 heavy (non-hydrogen) atoms. The van der Waals surface area contributed by atoms with Crippen molar-refractivity contribution in [3.63, 3.8) is 0 Å². The summed E-state index contributed by atoms with van der Waals surface area (Å²) in [6, 6.07) is 0. The number of hydrogen-bond acceptors (Lipinski definition) is 4. The third-order valence-corrected chi connectivity index (χ3v) is 5.49. The van der Waals surface area contributed by atoms with Gasteiger partial charge in [0.25, 0.3) is 0 Å². The van der Waals surface area contributed by atoms with Crippen molar-refractivity contribution in [2.24, 2.45) is 10.9 Å². The summed E-state index contributed by atoms with van der Waals surface area (Å²) in [6.45, 7) is 11.3. The van der Waals surface area contributed by atoms with Gasteiger partial charge in [-0.05, 0) is 19.8 Å². The van der Waals surface area contributed by atoms with Crippen LogP contribution in [0.25, 0.3) is 0 Å². The Morgan fingerprint density at radius 3 is 2.86 bits per heavy atom. The fraction of sp³-hybridized carbons (Fsp3) is 0.733. The molecule has 1 saturated heterocycles. The van der Waals surface area contributed by atoms with Crippen molar-refractivity contribution in [1.82, 2.24) is 15.4 Å². The van der Waals surface area contributed by atoms with Crippen LogP contribution in [-0.4, -0.2) is 47.2 Å². The summed E-state index contributed by atoms with van der Waals surface area (Å²) < 4.78 is 5.21. The monoisotopic (exact) mass is 310 g/mol. The van der Waals surface area contributed by atoms with Crippen molar-refractivity contribution >= 4 is 17.7 Å². The molecule has 6 heteroatoms. The van der Waals surface area contributed by atoms with E-state index in [1.807, 2.05) is 20.9 Å². The number of nitrogens with one attached hydrogen (secondary N) is 1. The van der Waals surface area contributed by atoms with Crippen LogP contribution in [0.4, 0.5) is 0 Å². The first-order chi connectivity index (χ1) is 10.0. The minimum Gasteiger partial charge on any atom is -0.361 e. The minimum absolute atomic E-state index is 0.677. The lowest BCUT2D eigenvalue weighted by molar-refractivity contribution is 0.380. The quantitative estimate of drug-likeness (QED) is 0.686. The van der Waals surface area contributed by atoms with Gasteiger partial charge in [-0.2, -0.15) is 11.8 Å². The Morgan fingerprint density at radius 1 is 1.52 bits per heavy atom. The molecule has 0 radical (unpaired) electrons. The Balaban J connectivity index is 1.97. The maximum Gasteiger partial charge on any atom is 0.193 e. The zero-order chi connectivity index (χ0) is 15.4. The largest absolute Gasteiger partial charge is 0.361 e. The third kappa shape index (κ3) is 3.93. The number of nitrogens with zero attached hydrogens (tertiary/aromatic N) is 3. The molecule has 1 aromatic heterocycles. The van der Waals surface area contributed by atoms with Crippen molar-refractivity contribution in [2.75, 3.05) is 25.9 Å². The second-order valence-corrected chi connectivity index (χ2v) is 7.15. The summed E-state index contributed by atoms with van der Waals surface area (Å²) in [5.74, 6) is 3.71. The third-order valence-electron chi connectivity index (χ3n) is 3.95. The lowest BCUT2D eigenvalue weighted by Gasteiger charge is -2.36. The second kappa shape index (κ2) is 7.20. The molecule has 1 N–H and O–H groups in total. The standard InChI is InChI=1S/C15H26N4OS/c1-10(2)14-9-19(6-7-21-14)15(16-5)17-8-13-11(3)18-20-12(13)4/h10,14H,6-9H2,1-5H3,(H,16,17). The molecule has 1 fully saturated rings. The highest BCUT2D eigenvalue weighted by Gasteiger charge is 2.25. The van der Waals surface area contributed by atoms with Crippen LogP contribution in [0.3, 0.4) is 0 Å². The zero-order valence-corrected chi connectivity index (χ0v) is 14.5. The lowest BCUT2D eigenvalue weighted by Crippen LogP contribution is -2.48. The van der Waals surface area contributed by atoms with Gasteiger partial charge in [0.15, 0.2) is 5.96 Å². The fourth-order valence-electron chi connectivity index (χ4n) is 2.53.